The van der Waals surface area contributed by atoms with Gasteiger partial charge in [-0.2, -0.15) is 24.9 Å². The molecule has 0 N–H and O–H groups in total. The number of rotatable bonds is 10. The van der Waals surface area contributed by atoms with Crippen molar-refractivity contribution < 1.29 is 37.0 Å². The van der Waals surface area contributed by atoms with Crippen LogP contribution in [0, 0.1) is 11.8 Å². The molecule has 0 aromatic heterocycles. The predicted molar refractivity (Wildman–Crippen MR) is 131 cm³/mol. The first kappa shape index (κ1) is 27.8. The quantitative estimate of drug-likeness (QED) is 0.331. The van der Waals surface area contributed by atoms with E-state index in [0.29, 0.717) is 16.7 Å². The molecule has 36 heavy (non-hydrogen) atoms. The van der Waals surface area contributed by atoms with E-state index in [1.807, 2.05) is 0 Å². The lowest BCUT2D eigenvalue weighted by Gasteiger charge is -2.28. The highest BCUT2D eigenvalue weighted by Gasteiger charge is 2.42. The Hall–Kier alpha value is -2.81. The molecule has 3 rings (SSSR count). The standard InChI is InChI=1S/C27H29F3O5S/c1-4-36-16(2)13-18-14-23(31)25(24(32)15-18)26(33)17(3)34-20-9-11-22(12-10-20)35-21-7-5-19(6-8-21)27(28,29)30/h5-12,16-18,25H,4,13-15H2,1-3H3. The Kier molecular flexibility index (Phi) is 9.22. The highest BCUT2D eigenvalue weighted by molar-refractivity contribution is 7.99. The van der Waals surface area contributed by atoms with Gasteiger partial charge in [-0.15, -0.1) is 0 Å². The van der Waals surface area contributed by atoms with Gasteiger partial charge in [0.25, 0.3) is 0 Å². The molecule has 0 amide bonds. The van der Waals surface area contributed by atoms with Crippen molar-refractivity contribution in [3.05, 3.63) is 54.1 Å². The van der Waals surface area contributed by atoms with Crippen molar-refractivity contribution in [1.29, 1.82) is 0 Å². The van der Waals surface area contributed by atoms with Crippen molar-refractivity contribution in [3.63, 3.8) is 0 Å². The zero-order valence-corrected chi connectivity index (χ0v) is 21.2. The molecule has 0 radical (unpaired) electrons. The molecular weight excluding hydrogens is 493 g/mol. The van der Waals surface area contributed by atoms with E-state index in [4.69, 9.17) is 9.47 Å². The second-order valence-electron chi connectivity index (χ2n) is 8.90. The molecule has 0 spiro atoms. The van der Waals surface area contributed by atoms with Crippen LogP contribution in [0.4, 0.5) is 13.2 Å². The van der Waals surface area contributed by atoms with Crippen molar-refractivity contribution in [2.75, 3.05) is 5.75 Å². The molecule has 1 saturated carbocycles. The van der Waals surface area contributed by atoms with Gasteiger partial charge in [0, 0.05) is 18.1 Å². The number of benzene rings is 2. The third kappa shape index (κ3) is 7.35. The first-order valence-electron chi connectivity index (χ1n) is 11.8. The molecule has 1 fully saturated rings. The van der Waals surface area contributed by atoms with Crippen LogP contribution < -0.4 is 9.47 Å². The third-order valence-corrected chi connectivity index (χ3v) is 7.07. The normalized spacial score (nSPS) is 20.1. The van der Waals surface area contributed by atoms with Crippen LogP contribution >= 0.6 is 11.8 Å². The summed E-state index contributed by atoms with van der Waals surface area (Å²) in [7, 11) is 0. The fraction of sp³-hybridized carbons (Fsp3) is 0.444. The molecule has 1 aliphatic carbocycles. The number of ketones is 3. The molecule has 0 heterocycles. The van der Waals surface area contributed by atoms with Crippen LogP contribution in [-0.4, -0.2) is 34.5 Å². The van der Waals surface area contributed by atoms with E-state index in [0.717, 1.165) is 24.3 Å². The van der Waals surface area contributed by atoms with Crippen LogP contribution in [0.5, 0.6) is 17.2 Å². The Bertz CT molecular complexity index is 1050. The maximum absolute atomic E-state index is 12.9. The average Bonchev–Trinajstić information content (AvgIpc) is 2.79. The second kappa shape index (κ2) is 12.0. The molecule has 5 nitrogen and oxygen atoms in total. The summed E-state index contributed by atoms with van der Waals surface area (Å²) < 4.78 is 49.3. The Morgan fingerprint density at radius 3 is 1.94 bits per heavy atom. The lowest BCUT2D eigenvalue weighted by atomic mass is 9.75. The van der Waals surface area contributed by atoms with Gasteiger partial charge in [0.15, 0.2) is 23.5 Å². The Balaban J connectivity index is 1.55. The van der Waals surface area contributed by atoms with Gasteiger partial charge in [0.05, 0.1) is 5.56 Å². The monoisotopic (exact) mass is 522 g/mol. The van der Waals surface area contributed by atoms with Crippen LogP contribution in [0.15, 0.2) is 48.5 Å². The second-order valence-corrected chi connectivity index (χ2v) is 10.6. The smallest absolute Gasteiger partial charge is 0.416 e. The summed E-state index contributed by atoms with van der Waals surface area (Å²) in [6, 6.07) is 10.5. The first-order chi connectivity index (χ1) is 17.0. The largest absolute Gasteiger partial charge is 0.483 e. The van der Waals surface area contributed by atoms with Gasteiger partial charge in [0.1, 0.15) is 23.2 Å². The minimum atomic E-state index is -4.42. The summed E-state index contributed by atoms with van der Waals surface area (Å²) in [5, 5.41) is 0.348. The summed E-state index contributed by atoms with van der Waals surface area (Å²) >= 11 is 1.78. The fourth-order valence-corrected chi connectivity index (χ4v) is 5.27. The van der Waals surface area contributed by atoms with Crippen molar-refractivity contribution in [3.8, 4) is 17.2 Å². The summed E-state index contributed by atoms with van der Waals surface area (Å²) in [6.45, 7) is 5.64. The van der Waals surface area contributed by atoms with Gasteiger partial charge in [-0.25, -0.2) is 0 Å². The maximum Gasteiger partial charge on any atom is 0.416 e. The van der Waals surface area contributed by atoms with Gasteiger partial charge < -0.3 is 9.47 Å². The summed E-state index contributed by atoms with van der Waals surface area (Å²) in [6.07, 6.45) is -4.22. The van der Waals surface area contributed by atoms with Crippen LogP contribution in [0.3, 0.4) is 0 Å². The SMILES string of the molecule is CCSC(C)CC1CC(=O)C(C(=O)C(C)Oc2ccc(Oc3ccc(C(F)(F)F)cc3)cc2)C(=O)C1. The number of hydrogen-bond acceptors (Lipinski definition) is 6. The molecule has 9 heteroatoms. The number of alkyl halides is 3. The maximum atomic E-state index is 12.9. The highest BCUT2D eigenvalue weighted by atomic mass is 32.2. The molecular formula is C27H29F3O5S. The molecule has 0 saturated heterocycles. The van der Waals surface area contributed by atoms with E-state index < -0.39 is 29.5 Å². The van der Waals surface area contributed by atoms with Gasteiger partial charge >= 0.3 is 6.18 Å². The lowest BCUT2D eigenvalue weighted by molar-refractivity contribution is -0.146. The van der Waals surface area contributed by atoms with Crippen LogP contribution in [-0.2, 0) is 20.6 Å². The number of carbonyl (C=O) groups is 3. The number of hydrogen-bond donors (Lipinski definition) is 0. The molecule has 0 aliphatic heterocycles. The number of carbonyl (C=O) groups excluding carboxylic acids is 3. The predicted octanol–water partition coefficient (Wildman–Crippen LogP) is 6.53. The summed E-state index contributed by atoms with van der Waals surface area (Å²) in [5.74, 6) is -0.663. The average molecular weight is 523 g/mol. The number of thioether (sulfide) groups is 1. The van der Waals surface area contributed by atoms with Crippen molar-refractivity contribution in [2.24, 2.45) is 11.8 Å². The van der Waals surface area contributed by atoms with Crippen molar-refractivity contribution >= 4 is 29.1 Å². The van der Waals surface area contributed by atoms with Gasteiger partial charge in [0.2, 0.25) is 0 Å². The molecule has 2 unspecified atom stereocenters. The van der Waals surface area contributed by atoms with E-state index in [9.17, 15) is 27.6 Å². The van der Waals surface area contributed by atoms with E-state index in [2.05, 4.69) is 13.8 Å². The van der Waals surface area contributed by atoms with Crippen LogP contribution in [0.25, 0.3) is 0 Å². The first-order valence-corrected chi connectivity index (χ1v) is 12.8. The fourth-order valence-electron chi connectivity index (χ4n) is 4.29. The molecule has 2 atom stereocenters. The molecule has 2 aromatic carbocycles. The van der Waals surface area contributed by atoms with Crippen LogP contribution in [0.2, 0.25) is 0 Å². The Morgan fingerprint density at radius 1 is 0.944 bits per heavy atom. The summed E-state index contributed by atoms with van der Waals surface area (Å²) in [5.41, 5.74) is -0.771. The van der Waals surface area contributed by atoms with Gasteiger partial charge in [-0.3, -0.25) is 14.4 Å². The van der Waals surface area contributed by atoms with E-state index in [-0.39, 0.29) is 36.1 Å². The number of Topliss-reactive ketones (excluding diaryl/α,β-unsaturated/α-hetero) is 3. The zero-order chi connectivity index (χ0) is 26.5. The number of halogens is 3. The molecule has 1 aliphatic rings. The van der Waals surface area contributed by atoms with Gasteiger partial charge in [-0.05, 0) is 73.5 Å². The summed E-state index contributed by atoms with van der Waals surface area (Å²) in [4.78, 5) is 38.2. The lowest BCUT2D eigenvalue weighted by Crippen LogP contribution is -2.44. The van der Waals surface area contributed by atoms with E-state index >= 15 is 0 Å². The Labute approximate surface area is 212 Å². The van der Waals surface area contributed by atoms with Crippen LogP contribution in [0.1, 0.15) is 45.6 Å². The zero-order valence-electron chi connectivity index (χ0n) is 20.3. The number of ether oxygens (including phenoxy) is 2. The van der Waals surface area contributed by atoms with E-state index in [1.165, 1.54) is 31.2 Å². The molecule has 2 aromatic rings. The van der Waals surface area contributed by atoms with E-state index in [1.54, 1.807) is 23.9 Å². The molecule has 194 valence electrons. The van der Waals surface area contributed by atoms with Crippen molar-refractivity contribution in [2.45, 2.75) is 57.6 Å². The van der Waals surface area contributed by atoms with Crippen molar-refractivity contribution in [1.82, 2.24) is 0 Å². The highest BCUT2D eigenvalue weighted by Crippen LogP contribution is 2.33. The minimum absolute atomic E-state index is 0.0310. The van der Waals surface area contributed by atoms with Gasteiger partial charge in [-0.1, -0.05) is 13.8 Å². The minimum Gasteiger partial charge on any atom is -0.483 e. The topological polar surface area (TPSA) is 69.7 Å². The third-order valence-electron chi connectivity index (χ3n) is 5.98. The Morgan fingerprint density at radius 2 is 1.44 bits per heavy atom. The molecule has 0 bridgehead atoms.